The molecule has 3 nitrogen and oxygen atoms in total. The summed E-state index contributed by atoms with van der Waals surface area (Å²) in [7, 11) is 3.93. The minimum atomic E-state index is -0.299. The molecular formula is C14H17ClFN3. The second kappa shape index (κ2) is 6.17. The Kier molecular flexibility index (Phi) is 4.56. The van der Waals surface area contributed by atoms with Crippen LogP contribution in [0.2, 0.25) is 5.02 Å². The van der Waals surface area contributed by atoms with Crippen LogP contribution in [0, 0.1) is 5.82 Å². The number of halogens is 2. The first kappa shape index (κ1) is 14.0. The highest BCUT2D eigenvalue weighted by Crippen LogP contribution is 2.18. The predicted octanol–water partition coefficient (Wildman–Crippen LogP) is 2.89. The van der Waals surface area contributed by atoms with Gasteiger partial charge >= 0.3 is 0 Å². The van der Waals surface area contributed by atoms with Gasteiger partial charge in [0.25, 0.3) is 0 Å². The van der Waals surface area contributed by atoms with Crippen molar-refractivity contribution in [1.82, 2.24) is 14.7 Å². The van der Waals surface area contributed by atoms with Crippen LogP contribution in [-0.4, -0.2) is 28.3 Å². The van der Waals surface area contributed by atoms with Gasteiger partial charge in [-0.1, -0.05) is 17.7 Å². The molecule has 1 aromatic carbocycles. The Morgan fingerprint density at radius 3 is 2.84 bits per heavy atom. The molecule has 0 radical (unpaired) electrons. The molecule has 0 aliphatic rings. The van der Waals surface area contributed by atoms with Crippen molar-refractivity contribution in [2.45, 2.75) is 13.0 Å². The maximum Gasteiger partial charge on any atom is 0.124 e. The summed E-state index contributed by atoms with van der Waals surface area (Å²) in [6.07, 6.45) is 4.82. The molecule has 1 aromatic heterocycles. The molecule has 0 amide bonds. The van der Waals surface area contributed by atoms with Crippen molar-refractivity contribution in [3.63, 3.8) is 0 Å². The van der Waals surface area contributed by atoms with E-state index in [1.54, 1.807) is 10.7 Å². The highest BCUT2D eigenvalue weighted by Gasteiger charge is 2.06. The minimum absolute atomic E-state index is 0.299. The van der Waals surface area contributed by atoms with E-state index in [4.69, 9.17) is 11.6 Å². The van der Waals surface area contributed by atoms with Crippen molar-refractivity contribution >= 4 is 11.6 Å². The number of aryl methyl sites for hydroxylation is 1. The average molecular weight is 282 g/mol. The minimum Gasteiger partial charge on any atom is -0.302 e. The molecule has 2 rings (SSSR count). The third-order valence-electron chi connectivity index (χ3n) is 3.00. The van der Waals surface area contributed by atoms with E-state index in [0.717, 1.165) is 18.5 Å². The van der Waals surface area contributed by atoms with Crippen LogP contribution < -0.4 is 0 Å². The van der Waals surface area contributed by atoms with E-state index in [1.807, 2.05) is 26.5 Å². The number of rotatable bonds is 5. The lowest BCUT2D eigenvalue weighted by Gasteiger charge is -2.17. The van der Waals surface area contributed by atoms with Gasteiger partial charge in [0, 0.05) is 31.4 Å². The first-order valence-electron chi connectivity index (χ1n) is 6.14. The third kappa shape index (κ3) is 4.04. The maximum atomic E-state index is 12.9. The van der Waals surface area contributed by atoms with E-state index in [0.29, 0.717) is 11.6 Å². The van der Waals surface area contributed by atoms with E-state index in [2.05, 4.69) is 10.00 Å². The topological polar surface area (TPSA) is 21.1 Å². The molecule has 0 aliphatic heterocycles. The van der Waals surface area contributed by atoms with E-state index in [9.17, 15) is 4.39 Å². The van der Waals surface area contributed by atoms with Crippen molar-refractivity contribution in [2.24, 2.45) is 7.05 Å². The van der Waals surface area contributed by atoms with Gasteiger partial charge in [0.05, 0.1) is 6.20 Å². The van der Waals surface area contributed by atoms with Crippen LogP contribution in [0.15, 0.2) is 30.6 Å². The van der Waals surface area contributed by atoms with E-state index in [-0.39, 0.29) is 5.82 Å². The molecule has 0 N–H and O–H groups in total. The molecule has 0 bridgehead atoms. The summed E-state index contributed by atoms with van der Waals surface area (Å²) >= 11 is 6.01. The second-order valence-electron chi connectivity index (χ2n) is 4.75. The second-order valence-corrected chi connectivity index (χ2v) is 5.15. The van der Waals surface area contributed by atoms with Crippen molar-refractivity contribution < 1.29 is 4.39 Å². The van der Waals surface area contributed by atoms with Crippen LogP contribution in [-0.2, 0) is 20.0 Å². The Balaban J connectivity index is 1.88. The molecular weight excluding hydrogens is 265 g/mol. The highest BCUT2D eigenvalue weighted by atomic mass is 35.5. The van der Waals surface area contributed by atoms with Gasteiger partial charge in [-0.05, 0) is 36.7 Å². The number of aromatic nitrogens is 2. The van der Waals surface area contributed by atoms with Crippen LogP contribution in [0.25, 0.3) is 0 Å². The number of nitrogens with zero attached hydrogens (tertiary/aromatic N) is 3. The van der Waals surface area contributed by atoms with Crippen molar-refractivity contribution in [3.05, 3.63) is 52.6 Å². The monoisotopic (exact) mass is 281 g/mol. The Hall–Kier alpha value is -1.39. The number of hydrogen-bond acceptors (Lipinski definition) is 2. The molecule has 0 spiro atoms. The van der Waals surface area contributed by atoms with Gasteiger partial charge in [0.15, 0.2) is 0 Å². The van der Waals surface area contributed by atoms with E-state index in [1.165, 1.54) is 17.7 Å². The smallest absolute Gasteiger partial charge is 0.124 e. The lowest BCUT2D eigenvalue weighted by atomic mass is 10.2. The average Bonchev–Trinajstić information content (AvgIpc) is 2.76. The fraction of sp³-hybridized carbons (Fsp3) is 0.357. The standard InChI is InChI=1S/C14H17ClFN3/c1-18(6-5-11-8-17-19(2)9-11)10-12-3-4-13(16)7-14(12)15/h3-4,7-9H,5-6,10H2,1-2H3. The summed E-state index contributed by atoms with van der Waals surface area (Å²) < 4.78 is 14.7. The van der Waals surface area contributed by atoms with Crippen LogP contribution in [0.1, 0.15) is 11.1 Å². The number of benzene rings is 1. The summed E-state index contributed by atoms with van der Waals surface area (Å²) in [6.45, 7) is 1.61. The Morgan fingerprint density at radius 1 is 1.42 bits per heavy atom. The summed E-state index contributed by atoms with van der Waals surface area (Å²) in [5.41, 5.74) is 2.15. The molecule has 5 heteroatoms. The zero-order valence-electron chi connectivity index (χ0n) is 11.1. The van der Waals surface area contributed by atoms with Crippen molar-refractivity contribution in [3.8, 4) is 0 Å². The van der Waals surface area contributed by atoms with Crippen molar-refractivity contribution in [1.29, 1.82) is 0 Å². The van der Waals surface area contributed by atoms with Gasteiger partial charge in [0.2, 0.25) is 0 Å². The maximum absolute atomic E-state index is 12.9. The van der Waals surface area contributed by atoms with Crippen LogP contribution in [0.4, 0.5) is 4.39 Å². The molecule has 0 fully saturated rings. The Morgan fingerprint density at radius 2 is 2.21 bits per heavy atom. The first-order valence-corrected chi connectivity index (χ1v) is 6.52. The Bertz CT molecular complexity index is 553. The largest absolute Gasteiger partial charge is 0.302 e. The van der Waals surface area contributed by atoms with Gasteiger partial charge in [-0.3, -0.25) is 4.68 Å². The molecule has 0 aliphatic carbocycles. The zero-order valence-corrected chi connectivity index (χ0v) is 11.9. The molecule has 102 valence electrons. The third-order valence-corrected chi connectivity index (χ3v) is 3.35. The first-order chi connectivity index (χ1) is 9.04. The lowest BCUT2D eigenvalue weighted by molar-refractivity contribution is 0.331. The zero-order chi connectivity index (χ0) is 13.8. The molecule has 0 atom stereocenters. The molecule has 2 aromatic rings. The van der Waals surface area contributed by atoms with E-state index >= 15 is 0 Å². The van der Waals surface area contributed by atoms with Crippen LogP contribution in [0.5, 0.6) is 0 Å². The fourth-order valence-electron chi connectivity index (χ4n) is 1.94. The number of likely N-dealkylation sites (N-methyl/N-ethyl adjacent to an activating group) is 1. The van der Waals surface area contributed by atoms with Gasteiger partial charge < -0.3 is 4.90 Å². The highest BCUT2D eigenvalue weighted by molar-refractivity contribution is 6.31. The van der Waals surface area contributed by atoms with Gasteiger partial charge in [-0.25, -0.2) is 4.39 Å². The molecule has 0 saturated heterocycles. The fourth-order valence-corrected chi connectivity index (χ4v) is 2.17. The SMILES string of the molecule is CN(CCc1cnn(C)c1)Cc1ccc(F)cc1Cl. The van der Waals surface area contributed by atoms with Gasteiger partial charge in [0.1, 0.15) is 5.82 Å². The summed E-state index contributed by atoms with van der Waals surface area (Å²) in [4.78, 5) is 2.16. The summed E-state index contributed by atoms with van der Waals surface area (Å²) in [5.74, 6) is -0.299. The Labute approximate surface area is 117 Å². The molecule has 19 heavy (non-hydrogen) atoms. The molecule has 1 heterocycles. The normalized spacial score (nSPS) is 11.2. The number of hydrogen-bond donors (Lipinski definition) is 0. The van der Waals surface area contributed by atoms with E-state index < -0.39 is 0 Å². The van der Waals surface area contributed by atoms with Crippen molar-refractivity contribution in [2.75, 3.05) is 13.6 Å². The molecule has 0 saturated carbocycles. The summed E-state index contributed by atoms with van der Waals surface area (Å²) in [6, 6.07) is 4.53. The van der Waals surface area contributed by atoms with Gasteiger partial charge in [-0.2, -0.15) is 5.10 Å². The quantitative estimate of drug-likeness (QED) is 0.840. The van der Waals surface area contributed by atoms with Crippen LogP contribution >= 0.6 is 11.6 Å². The van der Waals surface area contributed by atoms with Gasteiger partial charge in [-0.15, -0.1) is 0 Å². The van der Waals surface area contributed by atoms with Crippen LogP contribution in [0.3, 0.4) is 0 Å². The summed E-state index contributed by atoms with van der Waals surface area (Å²) in [5, 5.41) is 4.62. The molecule has 0 unspecified atom stereocenters. The lowest BCUT2D eigenvalue weighted by Crippen LogP contribution is -2.20. The predicted molar refractivity (Wildman–Crippen MR) is 74.7 cm³/mol.